The van der Waals surface area contributed by atoms with Gasteiger partial charge in [0, 0.05) is 0 Å². The van der Waals surface area contributed by atoms with E-state index >= 15 is 0 Å². The van der Waals surface area contributed by atoms with Gasteiger partial charge in [0.1, 0.15) is 0 Å². The Labute approximate surface area is 150 Å². The molecule has 4 heteroatoms. The molecule has 0 amide bonds. The molecule has 1 aromatic rings. The fourth-order valence-electron chi connectivity index (χ4n) is 3.37. The van der Waals surface area contributed by atoms with E-state index in [0.717, 1.165) is 5.56 Å². The second kappa shape index (κ2) is 10.0. The van der Waals surface area contributed by atoms with Crippen LogP contribution in [0.2, 0.25) is 0 Å². The minimum absolute atomic E-state index is 0.237. The number of carbonyl (C=O) groups excluding carboxylic acids is 2. The summed E-state index contributed by atoms with van der Waals surface area (Å²) in [4.78, 5) is 24.2. The van der Waals surface area contributed by atoms with E-state index in [-0.39, 0.29) is 13.2 Å². The van der Waals surface area contributed by atoms with Crippen molar-refractivity contribution in [3.63, 3.8) is 0 Å². The zero-order valence-corrected chi connectivity index (χ0v) is 15.2. The van der Waals surface area contributed by atoms with Crippen LogP contribution in [0.1, 0.15) is 63.0 Å². The molecule has 4 nitrogen and oxygen atoms in total. The molecule has 0 aliphatic heterocycles. The van der Waals surface area contributed by atoms with E-state index in [2.05, 4.69) is 12.1 Å². The molecular weight excluding hydrogens is 316 g/mol. The van der Waals surface area contributed by atoms with Gasteiger partial charge in [-0.15, -0.1) is 0 Å². The fourth-order valence-corrected chi connectivity index (χ4v) is 3.37. The Morgan fingerprint density at radius 3 is 2.24 bits per heavy atom. The van der Waals surface area contributed by atoms with E-state index in [9.17, 15) is 9.59 Å². The van der Waals surface area contributed by atoms with Crippen LogP contribution >= 0.6 is 0 Å². The van der Waals surface area contributed by atoms with Crippen molar-refractivity contribution in [2.24, 2.45) is 5.92 Å². The van der Waals surface area contributed by atoms with Gasteiger partial charge in [-0.05, 0) is 43.7 Å². The minimum Gasteiger partial charge on any atom is -0.465 e. The molecule has 0 heterocycles. The maximum Gasteiger partial charge on any atom is 0.324 e. The smallest absolute Gasteiger partial charge is 0.324 e. The second-order valence-corrected chi connectivity index (χ2v) is 6.30. The highest BCUT2D eigenvalue weighted by Crippen LogP contribution is 2.34. The van der Waals surface area contributed by atoms with Crippen molar-refractivity contribution in [1.29, 1.82) is 0 Å². The molecule has 0 bridgehead atoms. The molecule has 0 aromatic heterocycles. The number of hydrogen-bond donors (Lipinski definition) is 0. The molecular formula is C21H28O4. The monoisotopic (exact) mass is 344 g/mol. The maximum absolute atomic E-state index is 12.1. The topological polar surface area (TPSA) is 52.6 Å². The van der Waals surface area contributed by atoms with Crippen molar-refractivity contribution in [2.45, 2.75) is 51.9 Å². The van der Waals surface area contributed by atoms with Gasteiger partial charge in [0.15, 0.2) is 5.92 Å². The molecule has 0 unspecified atom stereocenters. The molecule has 2 rings (SSSR count). The van der Waals surface area contributed by atoms with Gasteiger partial charge in [0.25, 0.3) is 0 Å². The van der Waals surface area contributed by atoms with Crippen molar-refractivity contribution < 1.29 is 19.1 Å². The summed E-state index contributed by atoms with van der Waals surface area (Å²) in [6, 6.07) is 8.22. The molecule has 1 fully saturated rings. The summed E-state index contributed by atoms with van der Waals surface area (Å²) in [5.74, 6) is -1.59. The maximum atomic E-state index is 12.1. The normalized spacial score (nSPS) is 15.5. The summed E-state index contributed by atoms with van der Waals surface area (Å²) in [5, 5.41) is 0. The quantitative estimate of drug-likeness (QED) is 0.540. The number of carbonyl (C=O) groups is 2. The Hall–Kier alpha value is -2.10. The van der Waals surface area contributed by atoms with Gasteiger partial charge in [0.05, 0.1) is 13.2 Å². The predicted octanol–water partition coefficient (Wildman–Crippen LogP) is 4.49. The van der Waals surface area contributed by atoms with Gasteiger partial charge in [0.2, 0.25) is 0 Å². The Kier molecular flexibility index (Phi) is 7.71. The van der Waals surface area contributed by atoms with E-state index < -0.39 is 17.9 Å². The van der Waals surface area contributed by atoms with Crippen LogP contribution in [0.15, 0.2) is 30.3 Å². The molecule has 0 spiro atoms. The number of ether oxygens (including phenoxy) is 2. The largest absolute Gasteiger partial charge is 0.465 e. The third-order valence-corrected chi connectivity index (χ3v) is 4.59. The van der Waals surface area contributed by atoms with Crippen molar-refractivity contribution in [3.8, 4) is 0 Å². The van der Waals surface area contributed by atoms with Crippen LogP contribution in [-0.2, 0) is 19.1 Å². The van der Waals surface area contributed by atoms with Crippen molar-refractivity contribution in [1.82, 2.24) is 0 Å². The first kappa shape index (κ1) is 19.2. The van der Waals surface area contributed by atoms with Crippen LogP contribution in [0.4, 0.5) is 0 Å². The molecule has 0 radical (unpaired) electrons. The molecule has 1 aromatic carbocycles. The summed E-state index contributed by atoms with van der Waals surface area (Å²) in [6.07, 6.45) is 9.70. The molecule has 25 heavy (non-hydrogen) atoms. The standard InChI is InChI=1S/C21H28O4/c1-3-24-20(22)19(21(23)25-4-2)15-14-17-12-8-9-13-18(17)16-10-6-5-7-11-16/h8-9,12-16,19H,3-7,10-11H2,1-2H3. The fraction of sp³-hybridized carbons (Fsp3) is 0.524. The summed E-state index contributed by atoms with van der Waals surface area (Å²) in [5.41, 5.74) is 2.36. The van der Waals surface area contributed by atoms with Crippen LogP contribution in [-0.4, -0.2) is 25.2 Å². The highest BCUT2D eigenvalue weighted by molar-refractivity contribution is 5.97. The minimum atomic E-state index is -1.01. The number of benzene rings is 1. The van der Waals surface area contributed by atoms with Gasteiger partial charge in [-0.2, -0.15) is 0 Å². The molecule has 1 aliphatic rings. The molecule has 0 atom stereocenters. The first-order valence-electron chi connectivity index (χ1n) is 9.27. The molecule has 0 N–H and O–H groups in total. The SMILES string of the molecule is CCOC(=O)C(C=Cc1ccccc1C1CCCCC1)C(=O)OCC. The number of esters is 2. The first-order valence-corrected chi connectivity index (χ1v) is 9.27. The van der Waals surface area contributed by atoms with E-state index in [4.69, 9.17) is 9.47 Å². The predicted molar refractivity (Wildman–Crippen MR) is 98.1 cm³/mol. The van der Waals surface area contributed by atoms with E-state index in [0.29, 0.717) is 5.92 Å². The third-order valence-electron chi connectivity index (χ3n) is 4.59. The highest BCUT2D eigenvalue weighted by atomic mass is 16.6. The average molecular weight is 344 g/mol. The summed E-state index contributed by atoms with van der Waals surface area (Å²) >= 11 is 0. The molecule has 1 aliphatic carbocycles. The second-order valence-electron chi connectivity index (χ2n) is 6.30. The van der Waals surface area contributed by atoms with Gasteiger partial charge in [-0.3, -0.25) is 9.59 Å². The van der Waals surface area contributed by atoms with Crippen LogP contribution in [0.25, 0.3) is 6.08 Å². The highest BCUT2D eigenvalue weighted by Gasteiger charge is 2.27. The van der Waals surface area contributed by atoms with Crippen molar-refractivity contribution in [3.05, 3.63) is 41.5 Å². The lowest BCUT2D eigenvalue weighted by Crippen LogP contribution is -2.26. The molecule has 136 valence electrons. The van der Waals surface area contributed by atoms with E-state index in [1.807, 2.05) is 18.2 Å². The van der Waals surface area contributed by atoms with Gasteiger partial charge < -0.3 is 9.47 Å². The Morgan fingerprint density at radius 1 is 1.04 bits per heavy atom. The Morgan fingerprint density at radius 2 is 1.64 bits per heavy atom. The molecule has 1 saturated carbocycles. The van der Waals surface area contributed by atoms with E-state index in [1.54, 1.807) is 19.9 Å². The van der Waals surface area contributed by atoms with Gasteiger partial charge in [-0.1, -0.05) is 55.7 Å². The third kappa shape index (κ3) is 5.45. The molecule has 0 saturated heterocycles. The van der Waals surface area contributed by atoms with Crippen LogP contribution in [0, 0.1) is 5.92 Å². The van der Waals surface area contributed by atoms with Crippen LogP contribution in [0.3, 0.4) is 0 Å². The van der Waals surface area contributed by atoms with Gasteiger partial charge in [-0.25, -0.2) is 0 Å². The van der Waals surface area contributed by atoms with Gasteiger partial charge >= 0.3 is 11.9 Å². The lowest BCUT2D eigenvalue weighted by molar-refractivity contribution is -0.158. The first-order chi connectivity index (χ1) is 12.2. The average Bonchev–Trinajstić information content (AvgIpc) is 2.63. The summed E-state index contributed by atoms with van der Waals surface area (Å²) < 4.78 is 10.0. The summed E-state index contributed by atoms with van der Waals surface area (Å²) in [7, 11) is 0. The lowest BCUT2D eigenvalue weighted by atomic mass is 9.82. The lowest BCUT2D eigenvalue weighted by Gasteiger charge is -2.23. The van der Waals surface area contributed by atoms with Crippen LogP contribution < -0.4 is 0 Å². The van der Waals surface area contributed by atoms with Crippen molar-refractivity contribution >= 4 is 18.0 Å². The van der Waals surface area contributed by atoms with Crippen molar-refractivity contribution in [2.75, 3.05) is 13.2 Å². The summed E-state index contributed by atoms with van der Waals surface area (Å²) in [6.45, 7) is 3.92. The number of rotatable bonds is 7. The van der Waals surface area contributed by atoms with Crippen LogP contribution in [0.5, 0.6) is 0 Å². The number of hydrogen-bond acceptors (Lipinski definition) is 4. The van der Waals surface area contributed by atoms with E-state index in [1.165, 1.54) is 37.7 Å². The Balaban J connectivity index is 2.22. The Bertz CT molecular complexity index is 582. The zero-order valence-electron chi connectivity index (χ0n) is 15.2. The zero-order chi connectivity index (χ0) is 18.1.